The van der Waals surface area contributed by atoms with Crippen LogP contribution in [0.3, 0.4) is 0 Å². The molecule has 0 saturated carbocycles. The summed E-state index contributed by atoms with van der Waals surface area (Å²) in [5.74, 6) is -1.85. The van der Waals surface area contributed by atoms with E-state index in [0.29, 0.717) is 6.42 Å². The number of carboxylic acid groups (broad SMARTS) is 1. The maximum Gasteiger partial charge on any atom is 0.332 e. The Labute approximate surface area is 127 Å². The fourth-order valence-corrected chi connectivity index (χ4v) is 2.41. The molecule has 0 aromatic heterocycles. The highest BCUT2D eigenvalue weighted by molar-refractivity contribution is 7.80. The van der Waals surface area contributed by atoms with Gasteiger partial charge in [0.05, 0.1) is 0 Å². The van der Waals surface area contributed by atoms with Gasteiger partial charge in [-0.1, -0.05) is 58.3 Å². The Hall–Kier alpha value is -0.550. The highest BCUT2D eigenvalue weighted by atomic mass is 32.1. The zero-order valence-electron chi connectivity index (χ0n) is 12.6. The van der Waals surface area contributed by atoms with Crippen molar-refractivity contribution < 1.29 is 14.7 Å². The first-order valence-electron chi connectivity index (χ1n) is 7.65. The van der Waals surface area contributed by atoms with Crippen LogP contribution in [0.2, 0.25) is 0 Å². The van der Waals surface area contributed by atoms with E-state index >= 15 is 0 Å². The minimum atomic E-state index is -1.82. The second kappa shape index (κ2) is 11.1. The molecule has 3 N–H and O–H groups in total. The van der Waals surface area contributed by atoms with Gasteiger partial charge in [0.25, 0.3) is 0 Å². The number of aliphatic carboxylic acids is 1. The standard InChI is InChI=1S/C15H29NO3S/c1-2-3-4-5-6-7-8-9-10-11-13(17)15(16,12-20)14(18)19/h20H,2-12,16H2,1H3,(H,18,19). The SMILES string of the molecule is CCCCCCCCCCCC(=O)C(N)(CS)C(=O)O. The number of rotatable bonds is 13. The molecule has 0 aliphatic heterocycles. The summed E-state index contributed by atoms with van der Waals surface area (Å²) in [6.07, 6.45) is 10.6. The predicted molar refractivity (Wildman–Crippen MR) is 85.3 cm³/mol. The number of thiol groups is 1. The minimum absolute atomic E-state index is 0.154. The van der Waals surface area contributed by atoms with Crippen LogP contribution in [0.5, 0.6) is 0 Å². The average Bonchev–Trinajstić information content (AvgIpc) is 2.44. The number of hydrogen-bond acceptors (Lipinski definition) is 4. The van der Waals surface area contributed by atoms with Crippen LogP contribution >= 0.6 is 12.6 Å². The largest absolute Gasteiger partial charge is 0.480 e. The predicted octanol–water partition coefficient (Wildman–Crippen LogP) is 3.19. The molecule has 5 heteroatoms. The molecule has 118 valence electrons. The van der Waals surface area contributed by atoms with Gasteiger partial charge in [-0.3, -0.25) is 4.79 Å². The van der Waals surface area contributed by atoms with Crippen molar-refractivity contribution in [3.05, 3.63) is 0 Å². The van der Waals surface area contributed by atoms with Gasteiger partial charge in [-0.25, -0.2) is 4.79 Å². The van der Waals surface area contributed by atoms with E-state index in [1.807, 2.05) is 0 Å². The van der Waals surface area contributed by atoms with Crippen LogP contribution in [0.1, 0.15) is 71.1 Å². The van der Waals surface area contributed by atoms with Gasteiger partial charge >= 0.3 is 5.97 Å². The Morgan fingerprint density at radius 1 is 1.00 bits per heavy atom. The summed E-state index contributed by atoms with van der Waals surface area (Å²) < 4.78 is 0. The summed E-state index contributed by atoms with van der Waals surface area (Å²) in [4.78, 5) is 22.7. The molecule has 0 aliphatic carbocycles. The monoisotopic (exact) mass is 303 g/mol. The topological polar surface area (TPSA) is 80.4 Å². The molecule has 0 amide bonds. The number of nitrogens with two attached hydrogens (primary N) is 1. The maximum absolute atomic E-state index is 11.8. The zero-order valence-corrected chi connectivity index (χ0v) is 13.5. The number of unbranched alkanes of at least 4 members (excludes halogenated alkanes) is 8. The van der Waals surface area contributed by atoms with Crippen molar-refractivity contribution in [1.29, 1.82) is 0 Å². The van der Waals surface area contributed by atoms with Crippen LogP contribution < -0.4 is 5.73 Å². The lowest BCUT2D eigenvalue weighted by atomic mass is 9.93. The second-order valence-electron chi connectivity index (χ2n) is 5.44. The van der Waals surface area contributed by atoms with E-state index in [0.717, 1.165) is 12.8 Å². The van der Waals surface area contributed by atoms with Crippen molar-refractivity contribution >= 4 is 24.4 Å². The van der Waals surface area contributed by atoms with Crippen LogP contribution in [0.25, 0.3) is 0 Å². The lowest BCUT2D eigenvalue weighted by molar-refractivity contribution is -0.147. The molecule has 0 radical (unpaired) electrons. The fourth-order valence-electron chi connectivity index (χ4n) is 2.09. The van der Waals surface area contributed by atoms with Crippen LogP contribution in [0.4, 0.5) is 0 Å². The number of carboxylic acids is 1. The van der Waals surface area contributed by atoms with Crippen molar-refractivity contribution in [3.63, 3.8) is 0 Å². The summed E-state index contributed by atoms with van der Waals surface area (Å²) in [5, 5.41) is 8.95. The van der Waals surface area contributed by atoms with Gasteiger partial charge in [-0.05, 0) is 6.42 Å². The lowest BCUT2D eigenvalue weighted by Crippen LogP contribution is -2.56. The highest BCUT2D eigenvalue weighted by Crippen LogP contribution is 2.14. The Bertz CT molecular complexity index is 297. The van der Waals surface area contributed by atoms with Gasteiger partial charge in [0, 0.05) is 12.2 Å². The van der Waals surface area contributed by atoms with Crippen LogP contribution in [-0.4, -0.2) is 28.2 Å². The molecular formula is C15H29NO3S. The molecule has 0 aromatic carbocycles. The highest BCUT2D eigenvalue weighted by Gasteiger charge is 2.39. The number of hydrogen-bond donors (Lipinski definition) is 3. The van der Waals surface area contributed by atoms with E-state index in [-0.39, 0.29) is 12.2 Å². The molecular weight excluding hydrogens is 274 g/mol. The van der Waals surface area contributed by atoms with Crippen molar-refractivity contribution in [2.45, 2.75) is 76.7 Å². The van der Waals surface area contributed by atoms with Gasteiger partial charge in [0.15, 0.2) is 11.3 Å². The summed E-state index contributed by atoms with van der Waals surface area (Å²) in [6.45, 7) is 2.20. The first-order valence-corrected chi connectivity index (χ1v) is 8.28. The molecule has 0 spiro atoms. The van der Waals surface area contributed by atoms with Crippen molar-refractivity contribution in [2.75, 3.05) is 5.75 Å². The molecule has 0 bridgehead atoms. The molecule has 0 rings (SSSR count). The molecule has 0 saturated heterocycles. The quantitative estimate of drug-likeness (QED) is 0.277. The first-order chi connectivity index (χ1) is 9.49. The molecule has 0 aliphatic rings. The lowest BCUT2D eigenvalue weighted by Gasteiger charge is -2.20. The molecule has 0 aromatic rings. The minimum Gasteiger partial charge on any atom is -0.480 e. The van der Waals surface area contributed by atoms with E-state index in [4.69, 9.17) is 10.8 Å². The third-order valence-electron chi connectivity index (χ3n) is 3.64. The smallest absolute Gasteiger partial charge is 0.332 e. The Balaban J connectivity index is 3.65. The number of carbonyl (C=O) groups excluding carboxylic acids is 1. The van der Waals surface area contributed by atoms with E-state index in [9.17, 15) is 9.59 Å². The molecule has 4 nitrogen and oxygen atoms in total. The molecule has 0 heterocycles. The van der Waals surface area contributed by atoms with Crippen molar-refractivity contribution in [1.82, 2.24) is 0 Å². The third-order valence-corrected chi connectivity index (χ3v) is 4.13. The van der Waals surface area contributed by atoms with E-state index in [1.165, 1.54) is 38.5 Å². The maximum atomic E-state index is 11.8. The third kappa shape index (κ3) is 7.29. The van der Waals surface area contributed by atoms with Gasteiger partial charge in [-0.15, -0.1) is 0 Å². The summed E-state index contributed by atoms with van der Waals surface area (Å²) in [7, 11) is 0. The van der Waals surface area contributed by atoms with Gasteiger partial charge in [0.1, 0.15) is 0 Å². The molecule has 1 atom stereocenters. The van der Waals surface area contributed by atoms with Crippen LogP contribution in [-0.2, 0) is 9.59 Å². The number of ketones is 1. The number of Topliss-reactive ketones (excluding diaryl/α,β-unsaturated/α-hetero) is 1. The fraction of sp³-hybridized carbons (Fsp3) is 0.867. The number of carbonyl (C=O) groups is 2. The summed E-state index contributed by atoms with van der Waals surface area (Å²) in [5.41, 5.74) is 3.75. The van der Waals surface area contributed by atoms with E-state index in [1.54, 1.807) is 0 Å². The Kier molecular flexibility index (Phi) is 10.8. The van der Waals surface area contributed by atoms with E-state index < -0.39 is 17.3 Å². The van der Waals surface area contributed by atoms with Gasteiger partial charge < -0.3 is 10.8 Å². The van der Waals surface area contributed by atoms with Crippen LogP contribution in [0, 0.1) is 0 Å². The first kappa shape index (κ1) is 19.4. The van der Waals surface area contributed by atoms with Crippen molar-refractivity contribution in [3.8, 4) is 0 Å². The Morgan fingerprint density at radius 3 is 1.85 bits per heavy atom. The molecule has 1 unspecified atom stereocenters. The zero-order chi connectivity index (χ0) is 15.4. The normalized spacial score (nSPS) is 13.9. The summed E-state index contributed by atoms with van der Waals surface area (Å²) >= 11 is 3.87. The average molecular weight is 303 g/mol. The van der Waals surface area contributed by atoms with Crippen molar-refractivity contribution in [2.24, 2.45) is 5.73 Å². The molecule has 20 heavy (non-hydrogen) atoms. The second-order valence-corrected chi connectivity index (χ2v) is 5.75. The molecule has 0 fully saturated rings. The Morgan fingerprint density at radius 2 is 1.45 bits per heavy atom. The van der Waals surface area contributed by atoms with Crippen LogP contribution in [0.15, 0.2) is 0 Å². The van der Waals surface area contributed by atoms with Gasteiger partial charge in [-0.2, -0.15) is 12.6 Å². The van der Waals surface area contributed by atoms with Gasteiger partial charge in [0.2, 0.25) is 0 Å². The van der Waals surface area contributed by atoms with E-state index in [2.05, 4.69) is 19.6 Å². The summed E-state index contributed by atoms with van der Waals surface area (Å²) in [6, 6.07) is 0.